The average molecular weight is 870 g/mol. The summed E-state index contributed by atoms with van der Waals surface area (Å²) in [4.78, 5) is 37.5. The van der Waals surface area contributed by atoms with Gasteiger partial charge in [0.15, 0.2) is 6.10 Å². The van der Waals surface area contributed by atoms with Crippen molar-refractivity contribution in [1.29, 1.82) is 0 Å². The fourth-order valence-electron chi connectivity index (χ4n) is 5.54. The number of ether oxygens (including phenoxy) is 3. The van der Waals surface area contributed by atoms with Gasteiger partial charge in [-0.1, -0.05) is 136 Å². The number of hydrogen-bond donors (Lipinski definition) is 0. The zero-order valence-electron chi connectivity index (χ0n) is 38.2. The van der Waals surface area contributed by atoms with E-state index in [0.29, 0.717) is 42.5 Å². The van der Waals surface area contributed by atoms with Crippen LogP contribution in [0.4, 0.5) is 0 Å². The molecule has 344 valence electrons. The molecule has 0 aliphatic carbocycles. The molecule has 1 aliphatic rings. The molecule has 10 nitrogen and oxygen atoms in total. The zero-order valence-corrected chi connectivity index (χ0v) is 39.1. The van der Waals surface area contributed by atoms with Crippen LogP contribution in [0.25, 0.3) is 0 Å². The Morgan fingerprint density at radius 1 is 0.607 bits per heavy atom. The van der Waals surface area contributed by atoms with Crippen molar-refractivity contribution in [2.45, 2.75) is 148 Å². The standard InChI is InChI=1S/C50H80NO9P/c1-6-8-10-11-12-13-14-15-16-17-18-19-24-27-30-33-37-41-50(53)59-46(45-58-61(54,55)57-43-42-51(3,4)5)44-56-49(52)40-36-32-29-26-23-21-20-22-25-28-31-35-39-48-47(60-48)38-34-9-7-2/h9,12-13,15-16,18-19,21-23,25,27,29-32,34-35,46-48H,6-8,10-11,14,17,20,24,26,28,33,36-45H2,1-5H3/b13-12-,16-15-,19-18-,23-21-,25-22-,30-27-,32-29-,34-9-,35-31-/t46-,47?,48?/m1/s1. The Morgan fingerprint density at radius 3 is 1.62 bits per heavy atom. The summed E-state index contributed by atoms with van der Waals surface area (Å²) in [5, 5.41) is 0. The fourth-order valence-corrected chi connectivity index (χ4v) is 6.26. The fraction of sp³-hybridized carbons (Fsp3) is 0.600. The largest absolute Gasteiger partial charge is 0.756 e. The van der Waals surface area contributed by atoms with Crippen LogP contribution in [0.15, 0.2) is 109 Å². The highest BCUT2D eigenvalue weighted by atomic mass is 31.2. The van der Waals surface area contributed by atoms with E-state index < -0.39 is 32.5 Å². The Hall–Kier alpha value is -3.37. The summed E-state index contributed by atoms with van der Waals surface area (Å²) in [7, 11) is 1.07. The normalized spacial score (nSPS) is 17.9. The predicted octanol–water partition coefficient (Wildman–Crippen LogP) is 11.5. The Labute approximate surface area is 370 Å². The van der Waals surface area contributed by atoms with Crippen molar-refractivity contribution in [3.63, 3.8) is 0 Å². The first-order valence-electron chi connectivity index (χ1n) is 22.7. The van der Waals surface area contributed by atoms with Gasteiger partial charge in [-0.15, -0.1) is 0 Å². The number of carbonyl (C=O) groups excluding carboxylic acids is 2. The van der Waals surface area contributed by atoms with Crippen LogP contribution in [0, 0.1) is 0 Å². The maximum atomic E-state index is 12.7. The quantitative estimate of drug-likeness (QED) is 0.0149. The van der Waals surface area contributed by atoms with Gasteiger partial charge in [0.2, 0.25) is 0 Å². The number of phosphoric ester groups is 1. The second-order valence-electron chi connectivity index (χ2n) is 16.1. The van der Waals surface area contributed by atoms with Gasteiger partial charge in [0, 0.05) is 12.8 Å². The van der Waals surface area contributed by atoms with Crippen molar-refractivity contribution < 1.29 is 46.8 Å². The van der Waals surface area contributed by atoms with Crippen LogP contribution in [0.1, 0.15) is 129 Å². The summed E-state index contributed by atoms with van der Waals surface area (Å²) >= 11 is 0. The molecular formula is C50H80NO9P. The van der Waals surface area contributed by atoms with E-state index in [0.717, 1.165) is 64.2 Å². The lowest BCUT2D eigenvalue weighted by Crippen LogP contribution is -2.37. The summed E-state index contributed by atoms with van der Waals surface area (Å²) in [6, 6.07) is 0. The molecule has 0 saturated carbocycles. The molecule has 11 heteroatoms. The van der Waals surface area contributed by atoms with Gasteiger partial charge in [-0.2, -0.15) is 0 Å². The molecule has 0 radical (unpaired) electrons. The van der Waals surface area contributed by atoms with Crippen molar-refractivity contribution in [3.05, 3.63) is 109 Å². The van der Waals surface area contributed by atoms with E-state index in [9.17, 15) is 19.0 Å². The molecule has 0 N–H and O–H groups in total. The summed E-state index contributed by atoms with van der Waals surface area (Å²) in [6.07, 6.45) is 53.2. The Balaban J connectivity index is 2.37. The highest BCUT2D eigenvalue weighted by Gasteiger charge is 2.36. The molecule has 1 rings (SSSR count). The maximum Gasteiger partial charge on any atom is 0.306 e. The van der Waals surface area contributed by atoms with E-state index in [1.165, 1.54) is 19.3 Å². The molecule has 0 spiro atoms. The van der Waals surface area contributed by atoms with Crippen molar-refractivity contribution in [1.82, 2.24) is 0 Å². The van der Waals surface area contributed by atoms with E-state index >= 15 is 0 Å². The number of carbonyl (C=O) groups is 2. The molecule has 1 aliphatic heterocycles. The van der Waals surface area contributed by atoms with Gasteiger partial charge in [0.1, 0.15) is 19.8 Å². The number of epoxide rings is 1. The molecule has 1 saturated heterocycles. The van der Waals surface area contributed by atoms with Gasteiger partial charge in [0.25, 0.3) is 7.82 Å². The van der Waals surface area contributed by atoms with Crippen LogP contribution in [-0.4, -0.2) is 82.2 Å². The van der Waals surface area contributed by atoms with Crippen LogP contribution < -0.4 is 4.89 Å². The Kier molecular flexibility index (Phi) is 33.9. The van der Waals surface area contributed by atoms with Crippen LogP contribution in [-0.2, 0) is 37.4 Å². The second-order valence-corrected chi connectivity index (χ2v) is 17.5. The second kappa shape index (κ2) is 37.2. The molecule has 1 heterocycles. The predicted molar refractivity (Wildman–Crippen MR) is 249 cm³/mol. The summed E-state index contributed by atoms with van der Waals surface area (Å²) in [5.41, 5.74) is 0. The summed E-state index contributed by atoms with van der Waals surface area (Å²) in [6.45, 7) is 3.89. The minimum atomic E-state index is -4.67. The van der Waals surface area contributed by atoms with E-state index in [4.69, 9.17) is 23.3 Å². The van der Waals surface area contributed by atoms with E-state index in [2.05, 4.69) is 105 Å². The van der Waals surface area contributed by atoms with Crippen molar-refractivity contribution in [2.24, 2.45) is 0 Å². The van der Waals surface area contributed by atoms with Gasteiger partial charge >= 0.3 is 11.9 Å². The van der Waals surface area contributed by atoms with E-state index in [1.54, 1.807) is 0 Å². The number of nitrogens with zero attached hydrogens (tertiary/aromatic N) is 1. The smallest absolute Gasteiger partial charge is 0.306 e. The minimum Gasteiger partial charge on any atom is -0.756 e. The zero-order chi connectivity index (χ0) is 44.7. The lowest BCUT2D eigenvalue weighted by Gasteiger charge is -2.28. The number of likely N-dealkylation sites (N-methyl/N-ethyl adjacent to an activating group) is 1. The molecule has 1 fully saturated rings. The molecule has 0 amide bonds. The highest BCUT2D eigenvalue weighted by molar-refractivity contribution is 7.45. The number of phosphoric acid groups is 1. The summed E-state index contributed by atoms with van der Waals surface area (Å²) in [5.74, 6) is -1.02. The number of esters is 2. The first kappa shape index (κ1) is 55.6. The molecule has 4 atom stereocenters. The molecule has 61 heavy (non-hydrogen) atoms. The first-order chi connectivity index (χ1) is 29.5. The number of rotatable bonds is 38. The Bertz CT molecular complexity index is 1470. The van der Waals surface area contributed by atoms with Gasteiger partial charge in [-0.25, -0.2) is 0 Å². The topological polar surface area (TPSA) is 124 Å². The van der Waals surface area contributed by atoms with Crippen LogP contribution in [0.3, 0.4) is 0 Å². The lowest BCUT2D eigenvalue weighted by atomic mass is 10.1. The Morgan fingerprint density at radius 2 is 1.10 bits per heavy atom. The van der Waals surface area contributed by atoms with Crippen molar-refractivity contribution in [3.8, 4) is 0 Å². The maximum absolute atomic E-state index is 12.7. The van der Waals surface area contributed by atoms with Gasteiger partial charge in [-0.05, 0) is 89.9 Å². The third kappa shape index (κ3) is 38.1. The third-order valence-corrected chi connectivity index (χ3v) is 10.2. The molecule has 0 bridgehead atoms. The number of quaternary nitrogens is 1. The highest BCUT2D eigenvalue weighted by Crippen LogP contribution is 2.38. The SMILES string of the molecule is CC/C=C\CC1OC1C/C=C\C/C=C\C/C=C\C/C=C\CCC(=O)OC[C@H](COP(=O)([O-])OCC[N+](C)(C)C)OC(=O)CCC/C=C\C/C=C\C/C=C\C/C=C\CCCCC. The van der Waals surface area contributed by atoms with Gasteiger partial charge in [0.05, 0.1) is 40.0 Å². The monoisotopic (exact) mass is 870 g/mol. The first-order valence-corrected chi connectivity index (χ1v) is 24.2. The molecular weight excluding hydrogens is 790 g/mol. The molecule has 3 unspecified atom stereocenters. The van der Waals surface area contributed by atoms with E-state index in [-0.39, 0.29) is 26.1 Å². The molecule has 0 aromatic rings. The van der Waals surface area contributed by atoms with Crippen molar-refractivity contribution >= 4 is 19.8 Å². The van der Waals surface area contributed by atoms with Crippen molar-refractivity contribution in [2.75, 3.05) is 47.5 Å². The van der Waals surface area contributed by atoms with Gasteiger partial charge in [-0.3, -0.25) is 14.2 Å². The number of unbranched alkanes of at least 4 members (excludes halogenated alkanes) is 4. The number of hydrogen-bond acceptors (Lipinski definition) is 9. The minimum absolute atomic E-state index is 0.0607. The average Bonchev–Trinajstić information content (AvgIpc) is 3.97. The van der Waals surface area contributed by atoms with E-state index in [1.807, 2.05) is 39.4 Å². The third-order valence-electron chi connectivity index (χ3n) is 9.19. The van der Waals surface area contributed by atoms with Crippen LogP contribution in [0.2, 0.25) is 0 Å². The molecule has 0 aromatic heterocycles. The summed E-state index contributed by atoms with van der Waals surface area (Å²) < 4.78 is 39.4. The molecule has 0 aromatic carbocycles. The van der Waals surface area contributed by atoms with Crippen LogP contribution in [0.5, 0.6) is 0 Å². The van der Waals surface area contributed by atoms with Gasteiger partial charge < -0.3 is 32.6 Å². The van der Waals surface area contributed by atoms with Crippen LogP contribution >= 0.6 is 7.82 Å². The number of allylic oxidation sites excluding steroid dienone is 16. The lowest BCUT2D eigenvalue weighted by molar-refractivity contribution is -0.870.